The molecule has 0 aliphatic heterocycles. The Morgan fingerprint density at radius 1 is 0.875 bits per heavy atom. The number of amides is 1. The number of fused-ring (bicyclic) bond motifs is 2. The molecular weight excluding hydrogens is 679 g/mol. The van der Waals surface area contributed by atoms with Gasteiger partial charge in [0, 0.05) is 22.2 Å². The highest BCUT2D eigenvalue weighted by atomic mass is 35.5. The number of H-pyrrole nitrogens is 1. The molecule has 13 nitrogen and oxygen atoms in total. The summed E-state index contributed by atoms with van der Waals surface area (Å²) >= 11 is 13.6. The highest BCUT2D eigenvalue weighted by Crippen LogP contribution is 2.38. The number of anilines is 1. The molecule has 0 bridgehead atoms. The first kappa shape index (κ1) is 32.7. The summed E-state index contributed by atoms with van der Waals surface area (Å²) in [6, 6.07) is 14.3. The number of ether oxygens (including phenoxy) is 2. The minimum atomic E-state index is -0.698. The number of nitrogens with one attached hydrogen (secondary N) is 2. The molecule has 0 radical (unpaired) electrons. The van der Waals surface area contributed by atoms with Gasteiger partial charge in [0.05, 0.1) is 51.3 Å². The number of aromatic nitrogens is 5. The highest BCUT2D eigenvalue weighted by Gasteiger charge is 2.27. The zero-order valence-corrected chi connectivity index (χ0v) is 28.4. The van der Waals surface area contributed by atoms with Gasteiger partial charge in [-0.15, -0.1) is 20.0 Å². The molecule has 3 heterocycles. The molecule has 6 rings (SSSR count). The lowest BCUT2D eigenvalue weighted by Gasteiger charge is -2.15. The van der Waals surface area contributed by atoms with E-state index in [1.807, 2.05) is 20.8 Å². The van der Waals surface area contributed by atoms with Crippen LogP contribution in [0.15, 0.2) is 64.8 Å². The average Bonchev–Trinajstić information content (AvgIpc) is 3.76. The Bertz CT molecular complexity index is 2200. The van der Waals surface area contributed by atoms with Crippen LogP contribution < -0.4 is 5.32 Å². The molecule has 6 aromatic rings. The lowest BCUT2D eigenvalue weighted by molar-refractivity contribution is 0.0599. The van der Waals surface area contributed by atoms with E-state index in [1.54, 1.807) is 36.4 Å². The third-order valence-corrected chi connectivity index (χ3v) is 8.72. The fourth-order valence-corrected chi connectivity index (χ4v) is 5.93. The number of esters is 2. The number of rotatable bonds is 7. The average molecular weight is 706 g/mol. The maximum absolute atomic E-state index is 13.1. The van der Waals surface area contributed by atoms with Crippen LogP contribution in [-0.2, 0) is 14.9 Å². The van der Waals surface area contributed by atoms with Crippen LogP contribution in [0.2, 0.25) is 10.0 Å². The zero-order valence-electron chi connectivity index (χ0n) is 26.1. The van der Waals surface area contributed by atoms with Crippen LogP contribution in [-0.4, -0.2) is 56.9 Å². The molecule has 1 amide bonds. The van der Waals surface area contributed by atoms with Gasteiger partial charge < -0.3 is 19.8 Å². The minimum absolute atomic E-state index is 0.0344. The Morgan fingerprint density at radius 2 is 1.50 bits per heavy atom. The second kappa shape index (κ2) is 12.8. The van der Waals surface area contributed by atoms with E-state index in [0.29, 0.717) is 54.8 Å². The zero-order chi connectivity index (χ0) is 34.3. The van der Waals surface area contributed by atoms with Gasteiger partial charge in [0.15, 0.2) is 17.2 Å². The van der Waals surface area contributed by atoms with Crippen LogP contribution in [0.25, 0.3) is 27.3 Å². The maximum atomic E-state index is 13.1. The molecule has 0 unspecified atom stereocenters. The third-order valence-electron chi connectivity index (χ3n) is 7.09. The molecule has 0 saturated heterocycles. The highest BCUT2D eigenvalue weighted by molar-refractivity contribution is 7.22. The van der Waals surface area contributed by atoms with Crippen LogP contribution in [0.4, 0.5) is 16.5 Å². The number of nitrogens with zero attached hydrogens (tertiary/aromatic N) is 6. The first-order valence-electron chi connectivity index (χ1n) is 14.2. The fraction of sp³-hybridized carbons (Fsp3) is 0.188. The Kier molecular flexibility index (Phi) is 8.72. The summed E-state index contributed by atoms with van der Waals surface area (Å²) in [6.45, 7) is 6.06. The SMILES string of the molecule is COC(=O)c1cc(C(=O)Nc2ccc(-c3nn4nc(C(C)(C)C)c(N=Nc5nc6cc(Cl)c(Cl)cc6s5)c4[nH]3)cc2)cc(C(=O)OC)c1. The minimum Gasteiger partial charge on any atom is -0.465 e. The Labute approximate surface area is 286 Å². The van der Waals surface area contributed by atoms with E-state index in [1.165, 1.54) is 48.4 Å². The van der Waals surface area contributed by atoms with Gasteiger partial charge in [-0.05, 0) is 54.6 Å². The first-order valence-corrected chi connectivity index (χ1v) is 15.8. The van der Waals surface area contributed by atoms with Crippen LogP contribution in [0.5, 0.6) is 0 Å². The summed E-state index contributed by atoms with van der Waals surface area (Å²) in [4.78, 5) is 45.1. The molecule has 3 aromatic carbocycles. The number of hydrogen-bond acceptors (Lipinski definition) is 11. The van der Waals surface area contributed by atoms with Gasteiger partial charge in [0.2, 0.25) is 5.13 Å². The quantitative estimate of drug-likeness (QED) is 0.124. The monoisotopic (exact) mass is 704 g/mol. The van der Waals surface area contributed by atoms with E-state index in [-0.39, 0.29) is 22.1 Å². The van der Waals surface area contributed by atoms with Gasteiger partial charge in [-0.1, -0.05) is 55.3 Å². The predicted octanol–water partition coefficient (Wildman–Crippen LogP) is 8.18. The van der Waals surface area contributed by atoms with Crippen molar-refractivity contribution < 1.29 is 23.9 Å². The number of benzene rings is 3. The van der Waals surface area contributed by atoms with E-state index in [0.717, 1.165) is 4.70 Å². The molecule has 0 aliphatic rings. The van der Waals surface area contributed by atoms with Crippen molar-refractivity contribution in [3.8, 4) is 11.4 Å². The topological polar surface area (TPSA) is 165 Å². The van der Waals surface area contributed by atoms with Crippen LogP contribution in [0, 0.1) is 0 Å². The molecule has 2 N–H and O–H groups in total. The molecule has 48 heavy (non-hydrogen) atoms. The summed E-state index contributed by atoms with van der Waals surface area (Å²) in [5.41, 5.74) is 3.35. The van der Waals surface area contributed by atoms with Gasteiger partial charge in [0.1, 0.15) is 0 Å². The number of thiazole rings is 1. The third kappa shape index (κ3) is 6.50. The summed E-state index contributed by atoms with van der Waals surface area (Å²) in [7, 11) is 2.41. The summed E-state index contributed by atoms with van der Waals surface area (Å²) < 4.78 is 11.8. The van der Waals surface area contributed by atoms with Gasteiger partial charge in [0.25, 0.3) is 5.91 Å². The second-order valence-corrected chi connectivity index (χ2v) is 13.3. The van der Waals surface area contributed by atoms with Gasteiger partial charge >= 0.3 is 11.9 Å². The number of carbonyl (C=O) groups excluding carboxylic acids is 3. The van der Waals surface area contributed by atoms with Crippen molar-refractivity contribution in [2.75, 3.05) is 19.5 Å². The Balaban J connectivity index is 1.26. The van der Waals surface area contributed by atoms with Crippen LogP contribution in [0.3, 0.4) is 0 Å². The van der Waals surface area contributed by atoms with Crippen molar-refractivity contribution in [3.05, 3.63) is 87.0 Å². The van der Waals surface area contributed by atoms with Crippen molar-refractivity contribution in [2.45, 2.75) is 26.2 Å². The molecule has 0 spiro atoms. The van der Waals surface area contributed by atoms with E-state index in [9.17, 15) is 14.4 Å². The van der Waals surface area contributed by atoms with E-state index < -0.39 is 17.8 Å². The first-order chi connectivity index (χ1) is 22.8. The number of aromatic amines is 1. The van der Waals surface area contributed by atoms with Crippen molar-refractivity contribution in [1.29, 1.82) is 0 Å². The van der Waals surface area contributed by atoms with Gasteiger partial charge in [-0.25, -0.2) is 14.6 Å². The van der Waals surface area contributed by atoms with Crippen molar-refractivity contribution in [2.24, 2.45) is 10.2 Å². The standard InChI is InChI=1S/C32H26Cl2N8O5S/c1-32(2,3)25-24(38-39-31-36-22-13-20(33)21(34)14-23(22)48-31)27-37-26(41-42(27)40-25)15-6-8-19(9-7-15)35-28(43)16-10-17(29(44)46-4)12-18(11-16)30(45)47-5/h6-14H,1-5H3,(H,35,43)(H,37,41). The van der Waals surface area contributed by atoms with Crippen molar-refractivity contribution in [1.82, 2.24) is 24.8 Å². The number of methoxy groups -OCH3 is 2. The summed E-state index contributed by atoms with van der Waals surface area (Å²) in [6.07, 6.45) is 0. The maximum Gasteiger partial charge on any atom is 0.337 e. The normalized spacial score (nSPS) is 11.8. The van der Waals surface area contributed by atoms with Crippen molar-refractivity contribution >= 4 is 84.8 Å². The lowest BCUT2D eigenvalue weighted by Crippen LogP contribution is -2.15. The number of azo groups is 1. The van der Waals surface area contributed by atoms with Gasteiger partial charge in [-0.3, -0.25) is 4.79 Å². The summed E-state index contributed by atoms with van der Waals surface area (Å²) in [5.74, 6) is -1.43. The lowest BCUT2D eigenvalue weighted by atomic mass is 9.91. The fourth-order valence-electron chi connectivity index (χ4n) is 4.73. The van der Waals surface area contributed by atoms with E-state index >= 15 is 0 Å². The largest absolute Gasteiger partial charge is 0.465 e. The number of carbonyl (C=O) groups is 3. The molecule has 3 aromatic heterocycles. The molecule has 0 saturated carbocycles. The smallest absolute Gasteiger partial charge is 0.337 e. The van der Waals surface area contributed by atoms with Crippen LogP contribution in [0.1, 0.15) is 57.5 Å². The van der Waals surface area contributed by atoms with Crippen LogP contribution >= 0.6 is 34.5 Å². The number of halogens is 2. The molecule has 0 atom stereocenters. The predicted molar refractivity (Wildman–Crippen MR) is 182 cm³/mol. The second-order valence-electron chi connectivity index (χ2n) is 11.5. The van der Waals surface area contributed by atoms with Crippen molar-refractivity contribution in [3.63, 3.8) is 0 Å². The Hall–Kier alpha value is -5.18. The van der Waals surface area contributed by atoms with E-state index in [4.69, 9.17) is 37.8 Å². The number of hydrogen-bond donors (Lipinski definition) is 2. The molecular formula is C32H26Cl2N8O5S. The molecule has 16 heteroatoms. The van der Waals surface area contributed by atoms with E-state index in [2.05, 4.69) is 30.6 Å². The van der Waals surface area contributed by atoms with Gasteiger partial charge in [-0.2, -0.15) is 5.10 Å². The molecule has 0 aliphatic carbocycles. The Morgan fingerprint density at radius 3 is 2.12 bits per heavy atom. The molecule has 0 fully saturated rings. The molecule has 244 valence electrons. The summed E-state index contributed by atoms with van der Waals surface area (Å²) in [5, 5.41) is 22.3.